The predicted molar refractivity (Wildman–Crippen MR) is 51.0 cm³/mol. The highest BCUT2D eigenvalue weighted by molar-refractivity contribution is 5.25. The summed E-state index contributed by atoms with van der Waals surface area (Å²) in [5.41, 5.74) is 0.0585. The van der Waals surface area contributed by atoms with Crippen LogP contribution in [0.15, 0.2) is 18.5 Å². The van der Waals surface area contributed by atoms with Gasteiger partial charge in [0.15, 0.2) is 0 Å². The molecule has 0 bridgehead atoms. The summed E-state index contributed by atoms with van der Waals surface area (Å²) in [6.45, 7) is 3.63. The van der Waals surface area contributed by atoms with Crippen LogP contribution < -0.4 is 4.74 Å². The Bertz CT molecular complexity index is 318. The maximum atomic E-state index is 12.2. The van der Waals surface area contributed by atoms with Gasteiger partial charge in [0.25, 0.3) is 6.43 Å². The molecule has 0 aliphatic heterocycles. The largest absolute Gasteiger partial charge is 0.489 e. The lowest BCUT2D eigenvalue weighted by atomic mass is 10.2. The van der Waals surface area contributed by atoms with Crippen molar-refractivity contribution >= 4 is 0 Å². The Labute approximate surface area is 86.7 Å². The molecular weight excluding hydrogens is 204 g/mol. The van der Waals surface area contributed by atoms with E-state index in [-0.39, 0.29) is 11.7 Å². The Morgan fingerprint density at radius 2 is 2.00 bits per heavy atom. The number of ether oxygens (including phenoxy) is 1. The van der Waals surface area contributed by atoms with Gasteiger partial charge in [-0.05, 0) is 19.9 Å². The molecule has 3 nitrogen and oxygen atoms in total. The quantitative estimate of drug-likeness (QED) is 0.840. The van der Waals surface area contributed by atoms with Crippen molar-refractivity contribution in [3.63, 3.8) is 0 Å². The normalized spacial score (nSPS) is 13.3. The fourth-order valence-corrected chi connectivity index (χ4v) is 1.08. The predicted octanol–water partition coefficient (Wildman–Crippen LogP) is 2.17. The highest BCUT2D eigenvalue weighted by Gasteiger charge is 2.19. The van der Waals surface area contributed by atoms with E-state index in [0.717, 1.165) is 0 Å². The summed E-state index contributed by atoms with van der Waals surface area (Å²) in [6.07, 6.45) is -2.08. The molecule has 0 aromatic carbocycles. The zero-order valence-electron chi connectivity index (χ0n) is 8.52. The summed E-state index contributed by atoms with van der Waals surface area (Å²) in [4.78, 5) is 3.72. The molecule has 1 aromatic heterocycles. The van der Waals surface area contributed by atoms with Crippen molar-refractivity contribution in [2.24, 2.45) is 0 Å². The Morgan fingerprint density at radius 1 is 1.33 bits per heavy atom. The van der Waals surface area contributed by atoms with E-state index >= 15 is 0 Å². The van der Waals surface area contributed by atoms with Crippen LogP contribution >= 0.6 is 0 Å². The summed E-state index contributed by atoms with van der Waals surface area (Å²) in [5, 5.41) is 9.11. The second-order valence-electron chi connectivity index (χ2n) is 3.40. The van der Waals surface area contributed by atoms with Gasteiger partial charge in [-0.25, -0.2) is 8.78 Å². The average molecular weight is 217 g/mol. The van der Waals surface area contributed by atoms with Crippen molar-refractivity contribution in [1.82, 2.24) is 4.98 Å². The number of aliphatic hydroxyl groups is 1. The lowest BCUT2D eigenvalue weighted by Crippen LogP contribution is -2.10. The topological polar surface area (TPSA) is 42.4 Å². The summed E-state index contributed by atoms with van der Waals surface area (Å²) in [5.74, 6) is 0.377. The number of hydrogen-bond acceptors (Lipinski definition) is 3. The summed E-state index contributed by atoms with van der Waals surface area (Å²) in [6, 6.07) is 1.36. The molecule has 0 spiro atoms. The molecule has 0 saturated carbocycles. The fraction of sp³-hybridized carbons (Fsp3) is 0.500. The van der Waals surface area contributed by atoms with Crippen LogP contribution in [0, 0.1) is 0 Å². The molecule has 1 N–H and O–H groups in total. The molecule has 0 saturated heterocycles. The van der Waals surface area contributed by atoms with Gasteiger partial charge in [-0.1, -0.05) is 0 Å². The molecule has 1 atom stereocenters. The van der Waals surface area contributed by atoms with Gasteiger partial charge in [-0.2, -0.15) is 0 Å². The molecular formula is C10H13F2NO2. The fourth-order valence-electron chi connectivity index (χ4n) is 1.08. The molecule has 1 rings (SSSR count). The number of aliphatic hydroxyl groups excluding tert-OH is 1. The molecule has 84 valence electrons. The Kier molecular flexibility index (Phi) is 3.96. The minimum absolute atomic E-state index is 0.0585. The summed E-state index contributed by atoms with van der Waals surface area (Å²) >= 11 is 0. The van der Waals surface area contributed by atoms with Crippen LogP contribution in [0.1, 0.15) is 25.5 Å². The number of rotatable bonds is 4. The number of aromatic nitrogens is 1. The van der Waals surface area contributed by atoms with Crippen LogP contribution in [0.4, 0.5) is 8.78 Å². The summed E-state index contributed by atoms with van der Waals surface area (Å²) < 4.78 is 29.6. The smallest absolute Gasteiger partial charge is 0.268 e. The monoisotopic (exact) mass is 217 g/mol. The highest BCUT2D eigenvalue weighted by atomic mass is 19.3. The minimum Gasteiger partial charge on any atom is -0.489 e. The van der Waals surface area contributed by atoms with Gasteiger partial charge in [0, 0.05) is 11.8 Å². The maximum absolute atomic E-state index is 12.2. The highest BCUT2D eigenvalue weighted by Crippen LogP contribution is 2.23. The van der Waals surface area contributed by atoms with E-state index in [9.17, 15) is 8.78 Å². The first-order valence-corrected chi connectivity index (χ1v) is 4.58. The van der Waals surface area contributed by atoms with Gasteiger partial charge in [0.1, 0.15) is 11.9 Å². The van der Waals surface area contributed by atoms with Gasteiger partial charge in [-0.15, -0.1) is 0 Å². The van der Waals surface area contributed by atoms with Gasteiger partial charge < -0.3 is 9.84 Å². The molecule has 1 aromatic rings. The molecule has 0 fully saturated rings. The molecule has 0 amide bonds. The van der Waals surface area contributed by atoms with Crippen molar-refractivity contribution in [1.29, 1.82) is 0 Å². The van der Waals surface area contributed by atoms with Crippen LogP contribution in [0.2, 0.25) is 0 Å². The molecule has 1 unspecified atom stereocenters. The van der Waals surface area contributed by atoms with Crippen molar-refractivity contribution < 1.29 is 18.6 Å². The van der Waals surface area contributed by atoms with Crippen LogP contribution in [0.5, 0.6) is 5.75 Å². The summed E-state index contributed by atoms with van der Waals surface area (Å²) in [7, 11) is 0. The molecule has 15 heavy (non-hydrogen) atoms. The van der Waals surface area contributed by atoms with Crippen molar-refractivity contribution in [2.45, 2.75) is 32.5 Å². The van der Waals surface area contributed by atoms with Gasteiger partial charge in [-0.3, -0.25) is 4.98 Å². The Morgan fingerprint density at radius 3 is 2.53 bits per heavy atom. The number of pyridine rings is 1. The SMILES string of the molecule is CC(C)Oc1cncc(C(O)C(F)F)c1. The zero-order chi connectivity index (χ0) is 11.4. The molecule has 0 radical (unpaired) electrons. The van der Waals surface area contributed by atoms with Crippen molar-refractivity contribution in [3.05, 3.63) is 24.0 Å². The molecule has 5 heteroatoms. The van der Waals surface area contributed by atoms with Crippen LogP contribution in [0.25, 0.3) is 0 Å². The number of halogens is 2. The lowest BCUT2D eigenvalue weighted by molar-refractivity contribution is -0.00611. The number of nitrogens with zero attached hydrogens (tertiary/aromatic N) is 1. The van der Waals surface area contributed by atoms with Crippen molar-refractivity contribution in [3.8, 4) is 5.75 Å². The average Bonchev–Trinajstić information content (AvgIpc) is 2.16. The first-order valence-electron chi connectivity index (χ1n) is 4.58. The first-order chi connectivity index (χ1) is 7.00. The van der Waals surface area contributed by atoms with E-state index in [1.165, 1.54) is 18.5 Å². The standard InChI is InChI=1S/C10H13F2NO2/c1-6(2)15-8-3-7(4-13-5-8)9(14)10(11)12/h3-6,9-10,14H,1-2H3. The lowest BCUT2D eigenvalue weighted by Gasteiger charge is -2.13. The first kappa shape index (κ1) is 11.8. The molecule has 1 heterocycles. The second-order valence-corrected chi connectivity index (χ2v) is 3.40. The third-order valence-electron chi connectivity index (χ3n) is 1.69. The van der Waals surface area contributed by atoms with E-state index in [1.807, 2.05) is 13.8 Å². The van der Waals surface area contributed by atoms with Gasteiger partial charge in [0.2, 0.25) is 0 Å². The van der Waals surface area contributed by atoms with Crippen LogP contribution in [-0.2, 0) is 0 Å². The van der Waals surface area contributed by atoms with E-state index in [0.29, 0.717) is 5.75 Å². The van der Waals surface area contributed by atoms with Crippen LogP contribution in [0.3, 0.4) is 0 Å². The number of hydrogen-bond donors (Lipinski definition) is 1. The second kappa shape index (κ2) is 5.02. The van der Waals surface area contributed by atoms with E-state index in [1.54, 1.807) is 0 Å². The third-order valence-corrected chi connectivity index (χ3v) is 1.69. The van der Waals surface area contributed by atoms with Crippen molar-refractivity contribution in [2.75, 3.05) is 0 Å². The Hall–Kier alpha value is -1.23. The van der Waals surface area contributed by atoms with E-state index in [4.69, 9.17) is 9.84 Å². The van der Waals surface area contributed by atoms with E-state index in [2.05, 4.69) is 4.98 Å². The van der Waals surface area contributed by atoms with Crippen LogP contribution in [-0.4, -0.2) is 22.6 Å². The zero-order valence-corrected chi connectivity index (χ0v) is 8.52. The number of alkyl halides is 2. The van der Waals surface area contributed by atoms with Gasteiger partial charge in [0.05, 0.1) is 12.3 Å². The molecule has 0 aliphatic rings. The third kappa shape index (κ3) is 3.43. The minimum atomic E-state index is -2.82. The molecule has 0 aliphatic carbocycles. The Balaban J connectivity index is 2.82. The van der Waals surface area contributed by atoms with E-state index < -0.39 is 12.5 Å². The maximum Gasteiger partial charge on any atom is 0.268 e. The van der Waals surface area contributed by atoms with Gasteiger partial charge >= 0.3 is 0 Å².